The van der Waals surface area contributed by atoms with Gasteiger partial charge >= 0.3 is 0 Å². The van der Waals surface area contributed by atoms with Crippen LogP contribution < -0.4 is 15.4 Å². The van der Waals surface area contributed by atoms with Crippen molar-refractivity contribution in [1.29, 1.82) is 0 Å². The van der Waals surface area contributed by atoms with E-state index < -0.39 is 0 Å². The lowest BCUT2D eigenvalue weighted by molar-refractivity contribution is -0.115. The molecule has 4 nitrogen and oxygen atoms in total. The Morgan fingerprint density at radius 3 is 2.44 bits per heavy atom. The molecule has 2 N–H and O–H groups in total. The van der Waals surface area contributed by atoms with Gasteiger partial charge in [0.05, 0.1) is 6.61 Å². The molecule has 1 amide bonds. The molecule has 0 spiro atoms. The molecule has 0 radical (unpaired) electrons. The average Bonchev–Trinajstić information content (AvgIpc) is 2.62. The summed E-state index contributed by atoms with van der Waals surface area (Å²) in [5, 5.41) is 5.69. The van der Waals surface area contributed by atoms with Crippen molar-refractivity contribution in [3.63, 3.8) is 0 Å². The molecule has 142 valence electrons. The second-order valence-corrected chi connectivity index (χ2v) is 6.79. The number of ether oxygens (including phenoxy) is 1. The molecule has 0 fully saturated rings. The first kappa shape index (κ1) is 20.6. The van der Waals surface area contributed by atoms with Crippen molar-refractivity contribution < 1.29 is 13.9 Å². The molecule has 0 saturated carbocycles. The van der Waals surface area contributed by atoms with Gasteiger partial charge < -0.3 is 10.1 Å². The zero-order chi connectivity index (χ0) is 19.6. The SMILES string of the molecule is CC(C)CCOc1ccc(NC(=S)NC(=O)/C=C/c2ccc(F)cc2)cc1. The number of carbonyl (C=O) groups excluding carboxylic acids is 1. The highest BCUT2D eigenvalue weighted by Gasteiger charge is 2.03. The van der Waals surface area contributed by atoms with Crippen LogP contribution in [0, 0.1) is 11.7 Å². The number of hydrogen-bond donors (Lipinski definition) is 2. The fraction of sp³-hybridized carbons (Fsp3) is 0.238. The number of anilines is 1. The van der Waals surface area contributed by atoms with Gasteiger partial charge in [0, 0.05) is 11.8 Å². The number of hydrogen-bond acceptors (Lipinski definition) is 3. The number of nitrogens with one attached hydrogen (secondary N) is 2. The van der Waals surface area contributed by atoms with Crippen LogP contribution in [0.1, 0.15) is 25.8 Å². The summed E-state index contributed by atoms with van der Waals surface area (Å²) in [6, 6.07) is 13.2. The van der Waals surface area contributed by atoms with Crippen molar-refractivity contribution in [2.24, 2.45) is 5.92 Å². The molecule has 0 atom stereocenters. The third kappa shape index (κ3) is 8.00. The first-order valence-electron chi connectivity index (χ1n) is 8.71. The standard InChI is InChI=1S/C21H23FN2O2S/c1-15(2)13-14-26-19-10-8-18(9-11-19)23-21(27)24-20(25)12-5-16-3-6-17(22)7-4-16/h3-12,15H,13-14H2,1-2H3,(H2,23,24,25,27)/b12-5+. The Balaban J connectivity index is 1.79. The van der Waals surface area contributed by atoms with Crippen LogP contribution in [0.25, 0.3) is 6.08 Å². The summed E-state index contributed by atoms with van der Waals surface area (Å²) in [7, 11) is 0. The predicted octanol–water partition coefficient (Wildman–Crippen LogP) is 4.78. The Bertz CT molecular complexity index is 787. The molecule has 2 aromatic carbocycles. The van der Waals surface area contributed by atoms with Gasteiger partial charge in [0.15, 0.2) is 5.11 Å². The Hall–Kier alpha value is -2.73. The molecule has 0 aromatic heterocycles. The normalized spacial score (nSPS) is 10.8. The molecular formula is C21H23FN2O2S. The first-order chi connectivity index (χ1) is 12.9. The number of rotatable bonds is 7. The summed E-state index contributed by atoms with van der Waals surface area (Å²) >= 11 is 5.13. The van der Waals surface area contributed by atoms with Crippen LogP contribution in [0.5, 0.6) is 5.75 Å². The lowest BCUT2D eigenvalue weighted by Crippen LogP contribution is -2.32. The minimum Gasteiger partial charge on any atom is -0.494 e. The van der Waals surface area contributed by atoms with E-state index >= 15 is 0 Å². The zero-order valence-electron chi connectivity index (χ0n) is 15.4. The smallest absolute Gasteiger partial charge is 0.250 e. The molecule has 6 heteroatoms. The molecule has 0 heterocycles. The maximum absolute atomic E-state index is 12.8. The van der Waals surface area contributed by atoms with E-state index in [0.29, 0.717) is 12.5 Å². The van der Waals surface area contributed by atoms with Gasteiger partial charge in [-0.1, -0.05) is 26.0 Å². The minimum atomic E-state index is -0.370. The van der Waals surface area contributed by atoms with E-state index in [9.17, 15) is 9.18 Å². The van der Waals surface area contributed by atoms with E-state index in [1.807, 2.05) is 24.3 Å². The highest BCUT2D eigenvalue weighted by Crippen LogP contribution is 2.16. The van der Waals surface area contributed by atoms with Crippen LogP contribution in [0.4, 0.5) is 10.1 Å². The van der Waals surface area contributed by atoms with Gasteiger partial charge in [-0.15, -0.1) is 0 Å². The number of thiocarbonyl (C=S) groups is 1. The van der Waals surface area contributed by atoms with Crippen molar-refractivity contribution in [2.75, 3.05) is 11.9 Å². The van der Waals surface area contributed by atoms with Crippen molar-refractivity contribution in [3.05, 3.63) is 66.0 Å². The summed E-state index contributed by atoms with van der Waals surface area (Å²) in [6.07, 6.45) is 3.93. The van der Waals surface area contributed by atoms with Crippen LogP contribution in [-0.4, -0.2) is 17.6 Å². The minimum absolute atomic E-state index is 0.192. The largest absolute Gasteiger partial charge is 0.494 e. The quantitative estimate of drug-likeness (QED) is 0.531. The average molecular weight is 386 g/mol. The van der Waals surface area contributed by atoms with E-state index in [1.54, 1.807) is 18.2 Å². The molecule has 2 rings (SSSR count). The third-order valence-corrected chi connectivity index (χ3v) is 3.81. The Kier molecular flexibility index (Phi) is 7.95. The van der Waals surface area contributed by atoms with Crippen molar-refractivity contribution in [1.82, 2.24) is 5.32 Å². The molecule has 0 aliphatic carbocycles. The lowest BCUT2D eigenvalue weighted by Gasteiger charge is -2.10. The summed E-state index contributed by atoms with van der Waals surface area (Å²) in [4.78, 5) is 11.9. The van der Waals surface area contributed by atoms with E-state index in [-0.39, 0.29) is 16.8 Å². The van der Waals surface area contributed by atoms with E-state index in [1.165, 1.54) is 18.2 Å². The van der Waals surface area contributed by atoms with Crippen LogP contribution in [0.2, 0.25) is 0 Å². The maximum atomic E-state index is 12.8. The monoisotopic (exact) mass is 386 g/mol. The number of carbonyl (C=O) groups is 1. The summed E-state index contributed by atoms with van der Waals surface area (Å²) < 4.78 is 18.5. The molecular weight excluding hydrogens is 363 g/mol. The van der Waals surface area contributed by atoms with Gasteiger partial charge in [0.1, 0.15) is 11.6 Å². The summed E-state index contributed by atoms with van der Waals surface area (Å²) in [5.74, 6) is 0.700. The molecule has 0 aliphatic rings. The van der Waals surface area contributed by atoms with Crippen molar-refractivity contribution >= 4 is 35.0 Å². The molecule has 2 aromatic rings. The number of benzene rings is 2. The van der Waals surface area contributed by atoms with Gasteiger partial charge in [-0.25, -0.2) is 4.39 Å². The van der Waals surface area contributed by atoms with Gasteiger partial charge in [0.2, 0.25) is 5.91 Å². The van der Waals surface area contributed by atoms with E-state index in [2.05, 4.69) is 24.5 Å². The van der Waals surface area contributed by atoms with E-state index in [0.717, 1.165) is 23.4 Å². The fourth-order valence-electron chi connectivity index (χ4n) is 2.11. The Labute approximate surface area is 164 Å². The first-order valence-corrected chi connectivity index (χ1v) is 9.11. The molecule has 0 aliphatic heterocycles. The van der Waals surface area contributed by atoms with Crippen LogP contribution in [0.15, 0.2) is 54.6 Å². The fourth-order valence-corrected chi connectivity index (χ4v) is 2.33. The van der Waals surface area contributed by atoms with E-state index in [4.69, 9.17) is 17.0 Å². The van der Waals surface area contributed by atoms with Crippen LogP contribution >= 0.6 is 12.2 Å². The molecule has 0 unspecified atom stereocenters. The third-order valence-electron chi connectivity index (χ3n) is 3.61. The van der Waals surface area contributed by atoms with Gasteiger partial charge in [-0.3, -0.25) is 10.1 Å². The van der Waals surface area contributed by atoms with Crippen molar-refractivity contribution in [3.8, 4) is 5.75 Å². The lowest BCUT2D eigenvalue weighted by atomic mass is 10.1. The second-order valence-electron chi connectivity index (χ2n) is 6.38. The molecule has 0 saturated heterocycles. The second kappa shape index (κ2) is 10.4. The van der Waals surface area contributed by atoms with Gasteiger partial charge in [-0.05, 0) is 72.6 Å². The Morgan fingerprint density at radius 2 is 1.81 bits per heavy atom. The highest BCUT2D eigenvalue weighted by atomic mass is 32.1. The van der Waals surface area contributed by atoms with Gasteiger partial charge in [-0.2, -0.15) is 0 Å². The topological polar surface area (TPSA) is 50.4 Å². The predicted molar refractivity (Wildman–Crippen MR) is 111 cm³/mol. The van der Waals surface area contributed by atoms with Crippen molar-refractivity contribution in [2.45, 2.75) is 20.3 Å². The number of amides is 1. The zero-order valence-corrected chi connectivity index (χ0v) is 16.2. The number of halogens is 1. The maximum Gasteiger partial charge on any atom is 0.250 e. The van der Waals surface area contributed by atoms with Crippen LogP contribution in [0.3, 0.4) is 0 Å². The summed E-state index contributed by atoms with van der Waals surface area (Å²) in [6.45, 7) is 4.99. The highest BCUT2D eigenvalue weighted by molar-refractivity contribution is 7.80. The van der Waals surface area contributed by atoms with Crippen LogP contribution in [-0.2, 0) is 4.79 Å². The summed E-state index contributed by atoms with van der Waals surface area (Å²) in [5.41, 5.74) is 1.47. The van der Waals surface area contributed by atoms with Gasteiger partial charge in [0.25, 0.3) is 0 Å². The molecule has 0 bridgehead atoms. The molecule has 27 heavy (non-hydrogen) atoms. The Morgan fingerprint density at radius 1 is 1.15 bits per heavy atom.